The molecule has 0 bridgehead atoms. The molecule has 0 heterocycles. The van der Waals surface area contributed by atoms with Gasteiger partial charge >= 0.3 is 12.0 Å². The van der Waals surface area contributed by atoms with Gasteiger partial charge in [-0.15, -0.1) is 0 Å². The number of urea groups is 1. The third-order valence-electron chi connectivity index (χ3n) is 6.53. The van der Waals surface area contributed by atoms with E-state index in [0.717, 1.165) is 37.2 Å². The molecule has 188 valence electrons. The molecule has 35 heavy (non-hydrogen) atoms. The number of carboxylic acids is 1. The molecule has 2 aromatic rings. The van der Waals surface area contributed by atoms with Gasteiger partial charge in [0.05, 0.1) is 6.42 Å². The highest BCUT2D eigenvalue weighted by atomic mass is 16.4. The lowest BCUT2D eigenvalue weighted by atomic mass is 9.83. The number of anilines is 1. The molecule has 8 heteroatoms. The van der Waals surface area contributed by atoms with Crippen LogP contribution < -0.4 is 10.6 Å². The molecule has 0 radical (unpaired) electrons. The highest BCUT2D eigenvalue weighted by Crippen LogP contribution is 2.31. The summed E-state index contributed by atoms with van der Waals surface area (Å²) in [5, 5.41) is 23.8. The van der Waals surface area contributed by atoms with Crippen LogP contribution in [0.5, 0.6) is 5.75 Å². The first-order chi connectivity index (χ1) is 16.9. The summed E-state index contributed by atoms with van der Waals surface area (Å²) in [7, 11) is 0. The van der Waals surface area contributed by atoms with Gasteiger partial charge in [0.25, 0.3) is 5.91 Å². The van der Waals surface area contributed by atoms with E-state index in [2.05, 4.69) is 17.6 Å². The van der Waals surface area contributed by atoms with Crippen molar-refractivity contribution < 1.29 is 24.6 Å². The Morgan fingerprint density at radius 3 is 2.23 bits per heavy atom. The summed E-state index contributed by atoms with van der Waals surface area (Å²) >= 11 is 0. The van der Waals surface area contributed by atoms with Crippen molar-refractivity contribution in [2.24, 2.45) is 5.92 Å². The number of rotatable bonds is 10. The van der Waals surface area contributed by atoms with Gasteiger partial charge in [-0.3, -0.25) is 9.59 Å². The molecular weight excluding hydrogens is 446 g/mol. The van der Waals surface area contributed by atoms with Crippen LogP contribution in [-0.2, 0) is 11.3 Å². The number of carboxylic acid groups (broad SMARTS) is 1. The van der Waals surface area contributed by atoms with E-state index in [1.165, 1.54) is 25.0 Å². The second-order valence-corrected chi connectivity index (χ2v) is 9.16. The standard InChI is InChI=1S/C27H35N3O5/c1-2-3-19-6-12-23(13-7-19)30(27(35)29-22-10-14-24(31)15-11-22)18-20-4-8-21(9-5-20)26(34)28-17-16-25(32)33/h4-5,8-11,14-15,19,23,31H,2-3,6-7,12-13,16-18H2,1H3,(H,28,34)(H,29,35)(H,32,33). The Hall–Kier alpha value is -3.55. The van der Waals surface area contributed by atoms with E-state index in [1.807, 2.05) is 17.0 Å². The van der Waals surface area contributed by atoms with Gasteiger partial charge in [-0.05, 0) is 73.6 Å². The number of phenols is 1. The van der Waals surface area contributed by atoms with Crippen molar-refractivity contribution in [3.8, 4) is 5.75 Å². The van der Waals surface area contributed by atoms with Crippen molar-refractivity contribution in [3.63, 3.8) is 0 Å². The summed E-state index contributed by atoms with van der Waals surface area (Å²) in [6.07, 6.45) is 6.40. The maximum Gasteiger partial charge on any atom is 0.322 e. The fraction of sp³-hybridized carbons (Fsp3) is 0.444. The average Bonchev–Trinajstić information content (AvgIpc) is 2.85. The molecule has 0 saturated heterocycles. The molecule has 0 unspecified atom stereocenters. The van der Waals surface area contributed by atoms with Gasteiger partial charge in [0.1, 0.15) is 5.75 Å². The minimum atomic E-state index is -0.963. The number of nitrogens with one attached hydrogen (secondary N) is 2. The van der Waals surface area contributed by atoms with Crippen molar-refractivity contribution in [3.05, 3.63) is 59.7 Å². The number of phenolic OH excluding ortho intramolecular Hbond substituents is 1. The minimum Gasteiger partial charge on any atom is -0.508 e. The first kappa shape index (κ1) is 26.1. The highest BCUT2D eigenvalue weighted by Gasteiger charge is 2.29. The molecule has 0 aliphatic heterocycles. The van der Waals surface area contributed by atoms with Gasteiger partial charge in [-0.25, -0.2) is 4.79 Å². The maximum absolute atomic E-state index is 13.3. The van der Waals surface area contributed by atoms with Gasteiger partial charge in [0.2, 0.25) is 0 Å². The largest absolute Gasteiger partial charge is 0.508 e. The second kappa shape index (κ2) is 12.8. The number of nitrogens with zero attached hydrogens (tertiary/aromatic N) is 1. The summed E-state index contributed by atoms with van der Waals surface area (Å²) in [5.74, 6) is -0.428. The van der Waals surface area contributed by atoms with Crippen LogP contribution in [0.25, 0.3) is 0 Å². The molecule has 8 nitrogen and oxygen atoms in total. The average molecular weight is 482 g/mol. The summed E-state index contributed by atoms with van der Waals surface area (Å²) in [6, 6.07) is 13.4. The fourth-order valence-electron chi connectivity index (χ4n) is 4.60. The molecule has 0 atom stereocenters. The van der Waals surface area contributed by atoms with Crippen LogP contribution in [0.1, 0.15) is 67.8 Å². The van der Waals surface area contributed by atoms with E-state index in [1.54, 1.807) is 24.3 Å². The lowest BCUT2D eigenvalue weighted by Crippen LogP contribution is -2.44. The third-order valence-corrected chi connectivity index (χ3v) is 6.53. The molecule has 3 amide bonds. The number of carbonyl (C=O) groups excluding carboxylic acids is 2. The van der Waals surface area contributed by atoms with E-state index < -0.39 is 5.97 Å². The van der Waals surface area contributed by atoms with E-state index in [0.29, 0.717) is 17.8 Å². The smallest absolute Gasteiger partial charge is 0.322 e. The molecule has 4 N–H and O–H groups in total. The molecule has 1 aliphatic carbocycles. The number of aliphatic carboxylic acids is 1. The zero-order chi connectivity index (χ0) is 25.2. The molecular formula is C27H35N3O5. The van der Waals surface area contributed by atoms with Gasteiger partial charge in [-0.1, -0.05) is 31.9 Å². The molecule has 1 saturated carbocycles. The van der Waals surface area contributed by atoms with Crippen LogP contribution >= 0.6 is 0 Å². The van der Waals surface area contributed by atoms with Gasteiger partial charge in [0, 0.05) is 30.4 Å². The third kappa shape index (κ3) is 8.02. The van der Waals surface area contributed by atoms with Crippen molar-refractivity contribution in [1.82, 2.24) is 10.2 Å². The van der Waals surface area contributed by atoms with Crippen LogP contribution in [0.2, 0.25) is 0 Å². The van der Waals surface area contributed by atoms with E-state index in [9.17, 15) is 19.5 Å². The van der Waals surface area contributed by atoms with E-state index in [-0.39, 0.29) is 36.7 Å². The van der Waals surface area contributed by atoms with Crippen LogP contribution in [0.3, 0.4) is 0 Å². The van der Waals surface area contributed by atoms with Crippen molar-refractivity contribution in [1.29, 1.82) is 0 Å². The molecule has 0 spiro atoms. The van der Waals surface area contributed by atoms with E-state index >= 15 is 0 Å². The summed E-state index contributed by atoms with van der Waals surface area (Å²) in [5.41, 5.74) is 1.97. The normalized spacial score (nSPS) is 17.4. The predicted molar refractivity (Wildman–Crippen MR) is 134 cm³/mol. The van der Waals surface area contributed by atoms with Crippen LogP contribution in [-0.4, -0.2) is 45.6 Å². The Morgan fingerprint density at radius 1 is 0.971 bits per heavy atom. The molecule has 1 aliphatic rings. The van der Waals surface area contributed by atoms with Crippen molar-refractivity contribution >= 4 is 23.6 Å². The number of carbonyl (C=O) groups is 3. The lowest BCUT2D eigenvalue weighted by Gasteiger charge is -2.37. The predicted octanol–water partition coefficient (Wildman–Crippen LogP) is 4.99. The summed E-state index contributed by atoms with van der Waals surface area (Å²) < 4.78 is 0. The van der Waals surface area contributed by atoms with Crippen LogP contribution in [0, 0.1) is 5.92 Å². The summed E-state index contributed by atoms with van der Waals surface area (Å²) in [6.45, 7) is 2.69. The SMILES string of the molecule is CCCC1CCC(N(Cc2ccc(C(=O)NCCC(=O)O)cc2)C(=O)Nc2ccc(O)cc2)CC1. The molecule has 2 aromatic carbocycles. The van der Waals surface area contributed by atoms with Crippen molar-refractivity contribution in [2.45, 2.75) is 64.5 Å². The molecule has 3 rings (SSSR count). The quantitative estimate of drug-likeness (QED) is 0.357. The Kier molecular flexibility index (Phi) is 9.52. The maximum atomic E-state index is 13.3. The number of hydrogen-bond donors (Lipinski definition) is 4. The van der Waals surface area contributed by atoms with Gasteiger partial charge in [-0.2, -0.15) is 0 Å². The molecule has 1 fully saturated rings. The first-order valence-corrected chi connectivity index (χ1v) is 12.3. The zero-order valence-corrected chi connectivity index (χ0v) is 20.2. The second-order valence-electron chi connectivity index (χ2n) is 9.16. The van der Waals surface area contributed by atoms with Crippen molar-refractivity contribution in [2.75, 3.05) is 11.9 Å². The first-order valence-electron chi connectivity index (χ1n) is 12.3. The number of aromatic hydroxyl groups is 1. The van der Waals surface area contributed by atoms with E-state index in [4.69, 9.17) is 5.11 Å². The lowest BCUT2D eigenvalue weighted by molar-refractivity contribution is -0.136. The Labute approximate surface area is 206 Å². The Morgan fingerprint density at radius 2 is 1.63 bits per heavy atom. The zero-order valence-electron chi connectivity index (χ0n) is 20.2. The fourth-order valence-corrected chi connectivity index (χ4v) is 4.60. The monoisotopic (exact) mass is 481 g/mol. The van der Waals surface area contributed by atoms with Gasteiger partial charge in [0.15, 0.2) is 0 Å². The molecule has 0 aromatic heterocycles. The summed E-state index contributed by atoms with van der Waals surface area (Å²) in [4.78, 5) is 38.0. The van der Waals surface area contributed by atoms with Crippen LogP contribution in [0.15, 0.2) is 48.5 Å². The highest BCUT2D eigenvalue weighted by molar-refractivity contribution is 5.94. The number of amides is 3. The van der Waals surface area contributed by atoms with Crippen LogP contribution in [0.4, 0.5) is 10.5 Å². The number of benzene rings is 2. The minimum absolute atomic E-state index is 0.0713. The van der Waals surface area contributed by atoms with Gasteiger partial charge < -0.3 is 25.7 Å². The topological polar surface area (TPSA) is 119 Å². The Balaban J connectivity index is 1.68. The number of hydrogen-bond acceptors (Lipinski definition) is 4. The Bertz CT molecular complexity index is 983.